The van der Waals surface area contributed by atoms with E-state index in [0.717, 1.165) is 18.6 Å². The second-order valence-electron chi connectivity index (χ2n) is 6.68. The Kier molecular flexibility index (Phi) is 4.49. The van der Waals surface area contributed by atoms with E-state index in [-0.39, 0.29) is 6.04 Å². The van der Waals surface area contributed by atoms with Gasteiger partial charge < -0.3 is 9.67 Å². The van der Waals surface area contributed by atoms with Crippen LogP contribution >= 0.6 is 0 Å². The number of carboxylic acid groups (broad SMARTS) is 1. The first-order valence-electron chi connectivity index (χ1n) is 8.16. The van der Waals surface area contributed by atoms with Crippen LogP contribution in [0.1, 0.15) is 31.2 Å². The van der Waals surface area contributed by atoms with Gasteiger partial charge >= 0.3 is 12.1 Å². The fourth-order valence-electron chi connectivity index (χ4n) is 3.35. The second-order valence-corrected chi connectivity index (χ2v) is 6.68. The van der Waals surface area contributed by atoms with Crippen LogP contribution in [-0.2, 0) is 24.6 Å². The van der Waals surface area contributed by atoms with E-state index < -0.39 is 23.6 Å². The molecule has 1 aliphatic heterocycles. The number of nitrogens with zero attached hydrogens (tertiary/aromatic N) is 3. The monoisotopic (exact) mass is 355 g/mol. The number of benzene rings is 1. The molecule has 0 spiro atoms. The fourth-order valence-corrected chi connectivity index (χ4v) is 3.35. The molecule has 136 valence electrons. The lowest BCUT2D eigenvalue weighted by Gasteiger charge is -2.36. The molecule has 25 heavy (non-hydrogen) atoms. The molecule has 0 saturated carbocycles. The zero-order valence-electron chi connectivity index (χ0n) is 14.0. The number of carboxylic acids is 1. The number of alkyl halides is 3. The Morgan fingerprint density at radius 2 is 2.08 bits per heavy atom. The number of fused-ring (bicyclic) bond motifs is 1. The van der Waals surface area contributed by atoms with E-state index in [2.05, 4.69) is 4.98 Å². The van der Waals surface area contributed by atoms with Crippen molar-refractivity contribution < 1.29 is 23.1 Å². The van der Waals surface area contributed by atoms with Gasteiger partial charge in [0.15, 0.2) is 0 Å². The van der Waals surface area contributed by atoms with Gasteiger partial charge in [-0.2, -0.15) is 13.2 Å². The number of piperidine rings is 1. The van der Waals surface area contributed by atoms with Crippen LogP contribution < -0.4 is 0 Å². The third-order valence-corrected chi connectivity index (χ3v) is 5.01. The Labute approximate surface area is 143 Å². The molecule has 0 bridgehead atoms. The topological polar surface area (TPSA) is 58.4 Å². The predicted molar refractivity (Wildman–Crippen MR) is 85.9 cm³/mol. The molecule has 1 aromatic carbocycles. The minimum Gasteiger partial charge on any atom is -0.481 e. The van der Waals surface area contributed by atoms with Crippen LogP contribution in [0.25, 0.3) is 11.0 Å². The normalized spacial score (nSPS) is 22.4. The summed E-state index contributed by atoms with van der Waals surface area (Å²) < 4.78 is 40.4. The Morgan fingerprint density at radius 1 is 1.36 bits per heavy atom. The van der Waals surface area contributed by atoms with Gasteiger partial charge in [-0.25, -0.2) is 4.98 Å². The first-order valence-corrected chi connectivity index (χ1v) is 8.16. The molecule has 1 aromatic heterocycles. The number of aliphatic carboxylic acids is 1. The largest absolute Gasteiger partial charge is 0.481 e. The number of aromatic nitrogens is 2. The van der Waals surface area contributed by atoms with Crippen molar-refractivity contribution in [1.29, 1.82) is 0 Å². The van der Waals surface area contributed by atoms with Crippen LogP contribution in [0.4, 0.5) is 13.2 Å². The number of imidazole rings is 1. The summed E-state index contributed by atoms with van der Waals surface area (Å²) in [5.74, 6) is -0.591. The highest BCUT2D eigenvalue weighted by molar-refractivity contribution is 5.77. The quantitative estimate of drug-likeness (QED) is 0.918. The first kappa shape index (κ1) is 17.7. The standard InChI is InChI=1S/C17H20F3N3O2/c1-10-3-4-11(16(24)25)8-23(10)9-15-21-13-7-12(17(18,19)20)5-6-14(13)22(15)2/h5-7,10-11H,3-4,8-9H2,1-2H3,(H,24,25). The number of carbonyl (C=O) groups is 1. The molecule has 0 amide bonds. The molecule has 2 aromatic rings. The Morgan fingerprint density at radius 3 is 2.72 bits per heavy atom. The summed E-state index contributed by atoms with van der Waals surface area (Å²) in [4.78, 5) is 17.6. The summed E-state index contributed by atoms with van der Waals surface area (Å²) in [7, 11) is 1.77. The summed E-state index contributed by atoms with van der Waals surface area (Å²) in [6.45, 7) is 2.87. The van der Waals surface area contributed by atoms with Gasteiger partial charge in [-0.15, -0.1) is 0 Å². The van der Waals surface area contributed by atoms with Crippen molar-refractivity contribution in [2.45, 2.75) is 38.5 Å². The van der Waals surface area contributed by atoms with Crippen LogP contribution in [0.3, 0.4) is 0 Å². The van der Waals surface area contributed by atoms with Crippen molar-refractivity contribution in [1.82, 2.24) is 14.5 Å². The third-order valence-electron chi connectivity index (χ3n) is 5.01. The maximum atomic E-state index is 12.9. The van der Waals surface area contributed by atoms with Gasteiger partial charge in [0.25, 0.3) is 0 Å². The molecule has 0 aliphatic carbocycles. The Bertz CT molecular complexity index is 800. The summed E-state index contributed by atoms with van der Waals surface area (Å²) in [5, 5.41) is 9.23. The molecule has 3 rings (SSSR count). The minimum absolute atomic E-state index is 0.209. The molecular formula is C17H20F3N3O2. The molecule has 1 saturated heterocycles. The number of rotatable bonds is 3. The lowest BCUT2D eigenvalue weighted by molar-refractivity contribution is -0.144. The average molecular weight is 355 g/mol. The van der Waals surface area contributed by atoms with Gasteiger partial charge in [-0.1, -0.05) is 0 Å². The molecule has 1 aliphatic rings. The maximum Gasteiger partial charge on any atom is 0.416 e. The van der Waals surface area contributed by atoms with E-state index in [9.17, 15) is 23.1 Å². The highest BCUT2D eigenvalue weighted by Crippen LogP contribution is 2.32. The lowest BCUT2D eigenvalue weighted by Crippen LogP contribution is -2.43. The van der Waals surface area contributed by atoms with E-state index in [1.54, 1.807) is 11.6 Å². The second kappa shape index (κ2) is 6.33. The van der Waals surface area contributed by atoms with E-state index in [1.165, 1.54) is 6.07 Å². The van der Waals surface area contributed by atoms with Crippen LogP contribution in [0, 0.1) is 5.92 Å². The smallest absolute Gasteiger partial charge is 0.416 e. The van der Waals surface area contributed by atoms with Crippen molar-refractivity contribution in [3.05, 3.63) is 29.6 Å². The van der Waals surface area contributed by atoms with Crippen molar-refractivity contribution in [3.8, 4) is 0 Å². The van der Waals surface area contributed by atoms with E-state index in [0.29, 0.717) is 36.4 Å². The van der Waals surface area contributed by atoms with Crippen molar-refractivity contribution in [2.24, 2.45) is 13.0 Å². The molecular weight excluding hydrogens is 335 g/mol. The lowest BCUT2D eigenvalue weighted by atomic mass is 9.93. The van der Waals surface area contributed by atoms with Crippen molar-refractivity contribution >= 4 is 17.0 Å². The first-order chi connectivity index (χ1) is 11.7. The van der Waals surface area contributed by atoms with Crippen LogP contribution in [0.5, 0.6) is 0 Å². The van der Waals surface area contributed by atoms with E-state index >= 15 is 0 Å². The number of hydrogen-bond donors (Lipinski definition) is 1. The number of halogens is 3. The molecule has 1 N–H and O–H groups in total. The van der Waals surface area contributed by atoms with Gasteiger partial charge in [-0.3, -0.25) is 9.69 Å². The molecule has 5 nitrogen and oxygen atoms in total. The van der Waals surface area contributed by atoms with Gasteiger partial charge in [0, 0.05) is 19.6 Å². The summed E-state index contributed by atoms with van der Waals surface area (Å²) >= 11 is 0. The SMILES string of the molecule is CC1CCC(C(=O)O)CN1Cc1nc2cc(C(F)(F)F)ccc2n1C. The molecule has 2 unspecified atom stereocenters. The number of hydrogen-bond acceptors (Lipinski definition) is 3. The minimum atomic E-state index is -4.40. The molecule has 0 radical (unpaired) electrons. The van der Waals surface area contributed by atoms with Crippen LogP contribution in [0.2, 0.25) is 0 Å². The van der Waals surface area contributed by atoms with Crippen molar-refractivity contribution in [2.75, 3.05) is 6.54 Å². The van der Waals surface area contributed by atoms with Gasteiger partial charge in [-0.05, 0) is 38.0 Å². The highest BCUT2D eigenvalue weighted by atomic mass is 19.4. The Hall–Kier alpha value is -2.09. The number of aryl methyl sites for hydroxylation is 1. The zero-order valence-corrected chi connectivity index (χ0v) is 14.0. The summed E-state index contributed by atoms with van der Waals surface area (Å²) in [5.41, 5.74) is 0.205. The third kappa shape index (κ3) is 3.49. The maximum absolute atomic E-state index is 12.9. The van der Waals surface area contributed by atoms with E-state index in [4.69, 9.17) is 0 Å². The Balaban J connectivity index is 1.88. The number of likely N-dealkylation sites (tertiary alicyclic amines) is 1. The van der Waals surface area contributed by atoms with Gasteiger partial charge in [0.1, 0.15) is 5.82 Å². The molecule has 2 heterocycles. The van der Waals surface area contributed by atoms with Crippen LogP contribution in [-0.4, -0.2) is 38.1 Å². The summed E-state index contributed by atoms with van der Waals surface area (Å²) in [6, 6.07) is 3.74. The van der Waals surface area contributed by atoms with Gasteiger partial charge in [0.05, 0.1) is 29.1 Å². The molecule has 2 atom stereocenters. The summed E-state index contributed by atoms with van der Waals surface area (Å²) in [6.07, 6.45) is -2.98. The fraction of sp³-hybridized carbons (Fsp3) is 0.529. The zero-order chi connectivity index (χ0) is 18.4. The molecule has 1 fully saturated rings. The van der Waals surface area contributed by atoms with Crippen molar-refractivity contribution in [3.63, 3.8) is 0 Å². The highest BCUT2D eigenvalue weighted by Gasteiger charge is 2.32. The predicted octanol–water partition coefficient (Wildman–Crippen LogP) is 3.28. The van der Waals surface area contributed by atoms with Gasteiger partial charge in [0.2, 0.25) is 0 Å². The van der Waals surface area contributed by atoms with Crippen LogP contribution in [0.15, 0.2) is 18.2 Å². The molecule has 8 heteroatoms. The van der Waals surface area contributed by atoms with E-state index in [1.807, 2.05) is 11.8 Å². The average Bonchev–Trinajstić information content (AvgIpc) is 2.84.